The van der Waals surface area contributed by atoms with E-state index in [-0.39, 0.29) is 5.82 Å². The number of benzene rings is 3. The summed E-state index contributed by atoms with van der Waals surface area (Å²) in [5.41, 5.74) is 4.94. The van der Waals surface area contributed by atoms with Gasteiger partial charge in [-0.15, -0.1) is 0 Å². The molecule has 0 bridgehead atoms. The van der Waals surface area contributed by atoms with E-state index in [2.05, 4.69) is 11.4 Å². The SMILES string of the molecule is N#CC1=C2Sc3ccccc3N2C(=N)/C(=C2/NC(c3ccccc3)=CS2)C1c1ccc(F)cc1. The van der Waals surface area contributed by atoms with Gasteiger partial charge < -0.3 is 5.32 Å². The lowest BCUT2D eigenvalue weighted by Gasteiger charge is -2.35. The first-order valence-corrected chi connectivity index (χ1v) is 12.3. The van der Waals surface area contributed by atoms with Gasteiger partial charge in [0.2, 0.25) is 0 Å². The maximum Gasteiger partial charge on any atom is 0.137 e. The Balaban J connectivity index is 1.54. The Morgan fingerprint density at radius 3 is 2.47 bits per heavy atom. The molecule has 3 heterocycles. The Hall–Kier alpha value is -3.73. The molecule has 164 valence electrons. The first-order chi connectivity index (χ1) is 16.7. The first kappa shape index (κ1) is 20.8. The molecule has 7 heteroatoms. The summed E-state index contributed by atoms with van der Waals surface area (Å²) in [7, 11) is 0. The third kappa shape index (κ3) is 3.26. The van der Waals surface area contributed by atoms with Crippen molar-refractivity contribution in [3.63, 3.8) is 0 Å². The number of fused-ring (bicyclic) bond motifs is 3. The van der Waals surface area contributed by atoms with Crippen molar-refractivity contribution in [2.75, 3.05) is 4.90 Å². The molecular formula is C27H17FN4S2. The van der Waals surface area contributed by atoms with Crippen LogP contribution in [0.5, 0.6) is 0 Å². The number of amidine groups is 1. The van der Waals surface area contributed by atoms with E-state index in [4.69, 9.17) is 0 Å². The number of nitrogens with one attached hydrogen (secondary N) is 2. The van der Waals surface area contributed by atoms with E-state index in [9.17, 15) is 15.1 Å². The molecule has 0 saturated carbocycles. The number of thioether (sulfide) groups is 2. The minimum absolute atomic E-state index is 0.318. The van der Waals surface area contributed by atoms with Gasteiger partial charge in [-0.05, 0) is 35.4 Å². The quantitative estimate of drug-likeness (QED) is 0.423. The van der Waals surface area contributed by atoms with Gasteiger partial charge in [0.1, 0.15) is 16.7 Å². The lowest BCUT2D eigenvalue weighted by molar-refractivity contribution is 0.626. The monoisotopic (exact) mass is 480 g/mol. The lowest BCUT2D eigenvalue weighted by atomic mass is 9.82. The summed E-state index contributed by atoms with van der Waals surface area (Å²) in [4.78, 5) is 2.87. The Morgan fingerprint density at radius 1 is 0.971 bits per heavy atom. The lowest BCUT2D eigenvalue weighted by Crippen LogP contribution is -2.37. The predicted octanol–water partition coefficient (Wildman–Crippen LogP) is 6.79. The number of para-hydroxylation sites is 1. The molecule has 34 heavy (non-hydrogen) atoms. The molecule has 3 aliphatic heterocycles. The van der Waals surface area contributed by atoms with Gasteiger partial charge in [-0.1, -0.05) is 78.1 Å². The fourth-order valence-corrected chi connectivity index (χ4v) is 6.55. The Labute approximate surface area is 205 Å². The van der Waals surface area contributed by atoms with Crippen LogP contribution in [0.4, 0.5) is 10.1 Å². The van der Waals surface area contributed by atoms with Crippen LogP contribution in [0.15, 0.2) is 110 Å². The van der Waals surface area contributed by atoms with Crippen molar-refractivity contribution in [1.29, 1.82) is 10.7 Å². The van der Waals surface area contributed by atoms with Crippen LogP contribution in [-0.4, -0.2) is 5.84 Å². The Kier molecular flexibility index (Phi) is 5.05. The van der Waals surface area contributed by atoms with E-state index in [0.29, 0.717) is 17.0 Å². The molecule has 2 N–H and O–H groups in total. The van der Waals surface area contributed by atoms with Gasteiger partial charge in [0, 0.05) is 15.9 Å². The predicted molar refractivity (Wildman–Crippen MR) is 136 cm³/mol. The molecular weight excluding hydrogens is 463 g/mol. The van der Waals surface area contributed by atoms with Crippen molar-refractivity contribution in [1.82, 2.24) is 5.32 Å². The molecule has 0 aromatic heterocycles. The van der Waals surface area contributed by atoms with Gasteiger partial charge in [-0.3, -0.25) is 10.3 Å². The number of rotatable bonds is 2. The van der Waals surface area contributed by atoms with Gasteiger partial charge in [-0.25, -0.2) is 4.39 Å². The molecule has 0 fully saturated rings. The fraction of sp³-hybridized carbons (Fsp3) is 0.0370. The molecule has 0 saturated heterocycles. The average molecular weight is 481 g/mol. The van der Waals surface area contributed by atoms with E-state index < -0.39 is 5.92 Å². The second-order valence-electron chi connectivity index (χ2n) is 7.95. The number of nitriles is 1. The number of allylic oxidation sites excluding steroid dienone is 1. The van der Waals surface area contributed by atoms with Crippen LogP contribution in [0, 0.1) is 22.6 Å². The number of hydrogen-bond acceptors (Lipinski definition) is 5. The number of halogens is 1. The van der Waals surface area contributed by atoms with Crippen molar-refractivity contribution in [3.05, 3.63) is 122 Å². The summed E-state index contributed by atoms with van der Waals surface area (Å²) in [5.74, 6) is -0.496. The van der Waals surface area contributed by atoms with Crippen molar-refractivity contribution >= 4 is 40.7 Å². The van der Waals surface area contributed by atoms with Gasteiger partial charge in [0.25, 0.3) is 0 Å². The van der Waals surface area contributed by atoms with Gasteiger partial charge in [0.05, 0.1) is 34.0 Å². The fourth-order valence-electron chi connectivity index (χ4n) is 4.44. The smallest absolute Gasteiger partial charge is 0.137 e. The second kappa shape index (κ2) is 8.24. The summed E-state index contributed by atoms with van der Waals surface area (Å²) in [5, 5.41) is 26.7. The van der Waals surface area contributed by atoms with Gasteiger partial charge in [0.15, 0.2) is 0 Å². The molecule has 4 nitrogen and oxygen atoms in total. The molecule has 0 amide bonds. The maximum absolute atomic E-state index is 13.8. The largest absolute Gasteiger partial charge is 0.349 e. The summed E-state index contributed by atoms with van der Waals surface area (Å²) in [6.45, 7) is 0. The minimum atomic E-state index is -0.482. The summed E-state index contributed by atoms with van der Waals surface area (Å²) < 4.78 is 13.8. The highest BCUT2D eigenvalue weighted by molar-refractivity contribution is 8.06. The highest BCUT2D eigenvalue weighted by atomic mass is 32.2. The average Bonchev–Trinajstić information content (AvgIpc) is 3.50. The van der Waals surface area contributed by atoms with E-state index in [0.717, 1.165) is 37.5 Å². The standard InChI is InChI=1S/C27H17FN4S2/c28-18-12-10-17(11-13-18)23-19(14-29)27-32(21-8-4-5-9-22(21)34-27)25(30)24(23)26-31-20(15-33-26)16-6-2-1-3-7-16/h1-13,15,23,30-31H/b26-24-,30-25?. The highest BCUT2D eigenvalue weighted by Crippen LogP contribution is 2.55. The van der Waals surface area contributed by atoms with Crippen LogP contribution in [0.2, 0.25) is 0 Å². The van der Waals surface area contributed by atoms with E-state index in [1.807, 2.05) is 64.9 Å². The zero-order chi connectivity index (χ0) is 23.2. The molecule has 0 radical (unpaired) electrons. The second-order valence-corrected chi connectivity index (χ2v) is 9.86. The topological polar surface area (TPSA) is 62.9 Å². The van der Waals surface area contributed by atoms with Crippen molar-refractivity contribution in [3.8, 4) is 6.07 Å². The molecule has 1 atom stereocenters. The zero-order valence-corrected chi connectivity index (χ0v) is 19.4. The van der Waals surface area contributed by atoms with Crippen LogP contribution in [0.25, 0.3) is 5.70 Å². The van der Waals surface area contributed by atoms with Crippen LogP contribution >= 0.6 is 23.5 Å². The van der Waals surface area contributed by atoms with Crippen molar-refractivity contribution in [2.45, 2.75) is 10.8 Å². The number of hydrogen-bond donors (Lipinski definition) is 2. The third-order valence-electron chi connectivity index (χ3n) is 6.00. The summed E-state index contributed by atoms with van der Waals surface area (Å²) in [6.07, 6.45) is 0. The Bertz CT molecular complexity index is 1470. The summed E-state index contributed by atoms with van der Waals surface area (Å²) >= 11 is 3.02. The normalized spacial score (nSPS) is 21.1. The number of anilines is 1. The molecule has 0 spiro atoms. The molecule has 6 rings (SSSR count). The number of nitrogens with zero attached hydrogens (tertiary/aromatic N) is 2. The van der Waals surface area contributed by atoms with Gasteiger partial charge >= 0.3 is 0 Å². The molecule has 1 unspecified atom stereocenters. The summed E-state index contributed by atoms with van der Waals surface area (Å²) in [6, 6.07) is 26.5. The first-order valence-electron chi connectivity index (χ1n) is 10.6. The van der Waals surface area contributed by atoms with Crippen molar-refractivity contribution in [2.24, 2.45) is 0 Å². The Morgan fingerprint density at radius 2 is 1.71 bits per heavy atom. The van der Waals surface area contributed by atoms with Crippen LogP contribution in [0.3, 0.4) is 0 Å². The van der Waals surface area contributed by atoms with Crippen LogP contribution in [-0.2, 0) is 0 Å². The zero-order valence-electron chi connectivity index (χ0n) is 17.7. The molecule has 0 aliphatic carbocycles. The molecule has 3 aromatic carbocycles. The molecule has 3 aromatic rings. The maximum atomic E-state index is 13.8. The highest BCUT2D eigenvalue weighted by Gasteiger charge is 2.43. The molecule has 3 aliphatic rings. The van der Waals surface area contributed by atoms with Crippen LogP contribution in [0.1, 0.15) is 17.0 Å². The van der Waals surface area contributed by atoms with Crippen molar-refractivity contribution < 1.29 is 4.39 Å². The minimum Gasteiger partial charge on any atom is -0.349 e. The van der Waals surface area contributed by atoms with Gasteiger partial charge in [-0.2, -0.15) is 5.26 Å². The third-order valence-corrected chi connectivity index (χ3v) is 8.07. The van der Waals surface area contributed by atoms with Crippen LogP contribution < -0.4 is 10.2 Å². The van der Waals surface area contributed by atoms with E-state index >= 15 is 0 Å². The van der Waals surface area contributed by atoms with E-state index in [1.54, 1.807) is 12.1 Å². The van der Waals surface area contributed by atoms with E-state index in [1.165, 1.54) is 35.7 Å².